The maximum atomic E-state index is 5.18. The summed E-state index contributed by atoms with van der Waals surface area (Å²) in [7, 11) is 1.66. The highest BCUT2D eigenvalue weighted by Gasteiger charge is 2.03. The van der Waals surface area contributed by atoms with Crippen molar-refractivity contribution >= 4 is 27.7 Å². The van der Waals surface area contributed by atoms with Gasteiger partial charge in [-0.3, -0.25) is 0 Å². The quantitative estimate of drug-likeness (QED) is 0.810. The van der Waals surface area contributed by atoms with Crippen LogP contribution in [0.15, 0.2) is 44.9 Å². The van der Waals surface area contributed by atoms with Crippen molar-refractivity contribution in [1.82, 2.24) is 9.97 Å². The SMILES string of the molecule is COc1cccc(Sc2cc(Br)nc(C)n2)c1. The number of aromatic nitrogens is 2. The lowest BCUT2D eigenvalue weighted by Crippen LogP contribution is -1.90. The standard InChI is InChI=1S/C12H11BrN2OS/c1-8-14-11(13)7-12(15-8)17-10-5-3-4-9(6-10)16-2/h3-7H,1-2H3. The lowest BCUT2D eigenvalue weighted by atomic mass is 10.3. The third-order valence-corrected chi connectivity index (χ3v) is 3.36. The van der Waals surface area contributed by atoms with Gasteiger partial charge in [0.15, 0.2) is 0 Å². The van der Waals surface area contributed by atoms with Gasteiger partial charge in [-0.25, -0.2) is 9.97 Å². The molecule has 0 bridgehead atoms. The predicted molar refractivity (Wildman–Crippen MR) is 71.6 cm³/mol. The number of hydrogen-bond acceptors (Lipinski definition) is 4. The predicted octanol–water partition coefficient (Wildman–Crippen LogP) is 3.71. The second-order valence-electron chi connectivity index (χ2n) is 3.36. The molecule has 1 heterocycles. The van der Waals surface area contributed by atoms with Crippen molar-refractivity contribution in [2.75, 3.05) is 7.11 Å². The number of nitrogens with zero attached hydrogens (tertiary/aromatic N) is 2. The fourth-order valence-corrected chi connectivity index (χ4v) is 2.88. The average molecular weight is 311 g/mol. The first-order valence-electron chi connectivity index (χ1n) is 5.00. The van der Waals surface area contributed by atoms with Crippen molar-refractivity contribution in [3.63, 3.8) is 0 Å². The van der Waals surface area contributed by atoms with E-state index in [1.165, 1.54) is 0 Å². The highest BCUT2D eigenvalue weighted by atomic mass is 79.9. The van der Waals surface area contributed by atoms with Crippen LogP contribution in [0.3, 0.4) is 0 Å². The van der Waals surface area contributed by atoms with Crippen LogP contribution in [-0.4, -0.2) is 17.1 Å². The Morgan fingerprint density at radius 2 is 2.06 bits per heavy atom. The highest BCUT2D eigenvalue weighted by molar-refractivity contribution is 9.10. The lowest BCUT2D eigenvalue weighted by molar-refractivity contribution is 0.413. The maximum Gasteiger partial charge on any atom is 0.127 e. The van der Waals surface area contributed by atoms with Crippen LogP contribution in [-0.2, 0) is 0 Å². The van der Waals surface area contributed by atoms with Gasteiger partial charge in [0.2, 0.25) is 0 Å². The number of rotatable bonds is 3. The molecular formula is C12H11BrN2OS. The Morgan fingerprint density at radius 1 is 1.24 bits per heavy atom. The van der Waals surface area contributed by atoms with Gasteiger partial charge in [0.1, 0.15) is 21.2 Å². The van der Waals surface area contributed by atoms with Gasteiger partial charge in [0, 0.05) is 11.0 Å². The van der Waals surface area contributed by atoms with Gasteiger partial charge < -0.3 is 4.74 Å². The molecule has 0 saturated carbocycles. The minimum atomic E-state index is 0.754. The van der Waals surface area contributed by atoms with Crippen LogP contribution in [0.1, 0.15) is 5.82 Å². The summed E-state index contributed by atoms with van der Waals surface area (Å²) < 4.78 is 5.99. The van der Waals surface area contributed by atoms with Gasteiger partial charge in [-0.05, 0) is 41.1 Å². The first-order chi connectivity index (χ1) is 8.17. The second kappa shape index (κ2) is 5.51. The second-order valence-corrected chi connectivity index (χ2v) is 5.26. The van der Waals surface area contributed by atoms with Crippen LogP contribution in [0.4, 0.5) is 0 Å². The Balaban J connectivity index is 2.24. The van der Waals surface area contributed by atoms with Crippen molar-refractivity contribution < 1.29 is 4.74 Å². The Morgan fingerprint density at radius 3 is 2.76 bits per heavy atom. The van der Waals surface area contributed by atoms with Gasteiger partial charge in [-0.1, -0.05) is 17.8 Å². The molecule has 1 aromatic carbocycles. The van der Waals surface area contributed by atoms with E-state index >= 15 is 0 Å². The third kappa shape index (κ3) is 3.44. The van der Waals surface area contributed by atoms with Gasteiger partial charge in [-0.2, -0.15) is 0 Å². The van der Waals surface area contributed by atoms with E-state index in [2.05, 4.69) is 25.9 Å². The minimum absolute atomic E-state index is 0.754. The number of aryl methyl sites for hydroxylation is 1. The van der Waals surface area contributed by atoms with Crippen LogP contribution in [0, 0.1) is 6.92 Å². The molecule has 0 aliphatic carbocycles. The molecule has 17 heavy (non-hydrogen) atoms. The molecule has 2 aromatic rings. The van der Waals surface area contributed by atoms with Crippen LogP contribution in [0.2, 0.25) is 0 Å². The molecule has 0 radical (unpaired) electrons. The normalized spacial score (nSPS) is 10.3. The molecule has 0 spiro atoms. The first-order valence-corrected chi connectivity index (χ1v) is 6.61. The van der Waals surface area contributed by atoms with E-state index in [-0.39, 0.29) is 0 Å². The van der Waals surface area contributed by atoms with E-state index in [1.807, 2.05) is 37.3 Å². The fraction of sp³-hybridized carbons (Fsp3) is 0.167. The van der Waals surface area contributed by atoms with Crippen molar-refractivity contribution in [3.05, 3.63) is 40.8 Å². The smallest absolute Gasteiger partial charge is 0.127 e. The fourth-order valence-electron chi connectivity index (χ4n) is 1.34. The van der Waals surface area contributed by atoms with Crippen LogP contribution in [0.25, 0.3) is 0 Å². The van der Waals surface area contributed by atoms with Gasteiger partial charge >= 0.3 is 0 Å². The summed E-state index contributed by atoms with van der Waals surface area (Å²) in [6, 6.07) is 9.79. The van der Waals surface area contributed by atoms with Crippen LogP contribution >= 0.6 is 27.7 Å². The van der Waals surface area contributed by atoms with E-state index in [4.69, 9.17) is 4.74 Å². The largest absolute Gasteiger partial charge is 0.497 e. The van der Waals surface area contributed by atoms with Crippen molar-refractivity contribution in [2.45, 2.75) is 16.8 Å². The Kier molecular flexibility index (Phi) is 4.02. The highest BCUT2D eigenvalue weighted by Crippen LogP contribution is 2.29. The molecule has 0 aliphatic rings. The van der Waals surface area contributed by atoms with E-state index in [9.17, 15) is 0 Å². The third-order valence-electron chi connectivity index (χ3n) is 2.05. The Hall–Kier alpha value is -1.07. The zero-order valence-electron chi connectivity index (χ0n) is 9.48. The molecule has 88 valence electrons. The lowest BCUT2D eigenvalue weighted by Gasteiger charge is -2.04. The molecule has 0 saturated heterocycles. The zero-order chi connectivity index (χ0) is 12.3. The Labute approximate surface area is 113 Å². The first kappa shape index (κ1) is 12.4. The summed E-state index contributed by atoms with van der Waals surface area (Å²) in [5.41, 5.74) is 0. The van der Waals surface area contributed by atoms with E-state index < -0.39 is 0 Å². The maximum absolute atomic E-state index is 5.18. The van der Waals surface area contributed by atoms with Crippen molar-refractivity contribution in [1.29, 1.82) is 0 Å². The van der Waals surface area contributed by atoms with E-state index in [0.717, 1.165) is 26.1 Å². The molecule has 2 rings (SSSR count). The molecule has 0 aliphatic heterocycles. The average Bonchev–Trinajstić information content (AvgIpc) is 2.28. The molecular weight excluding hydrogens is 300 g/mol. The molecule has 3 nitrogen and oxygen atoms in total. The van der Waals surface area contributed by atoms with Gasteiger partial charge in [0.25, 0.3) is 0 Å². The number of benzene rings is 1. The van der Waals surface area contributed by atoms with Crippen molar-refractivity contribution in [3.8, 4) is 5.75 Å². The number of methoxy groups -OCH3 is 1. The zero-order valence-corrected chi connectivity index (χ0v) is 11.9. The van der Waals surface area contributed by atoms with Crippen LogP contribution < -0.4 is 4.74 Å². The molecule has 1 aromatic heterocycles. The Bertz CT molecular complexity index is 513. The number of ether oxygens (including phenoxy) is 1. The summed E-state index contributed by atoms with van der Waals surface area (Å²) in [5.74, 6) is 1.60. The van der Waals surface area contributed by atoms with Crippen LogP contribution in [0.5, 0.6) is 5.75 Å². The molecule has 0 fully saturated rings. The summed E-state index contributed by atoms with van der Waals surface area (Å²) in [6.07, 6.45) is 0. The molecule has 0 atom stereocenters. The summed E-state index contributed by atoms with van der Waals surface area (Å²) in [4.78, 5) is 9.63. The van der Waals surface area contributed by atoms with E-state index in [1.54, 1.807) is 18.9 Å². The molecule has 0 N–H and O–H groups in total. The molecule has 5 heteroatoms. The number of halogens is 1. The van der Waals surface area contributed by atoms with E-state index in [0.29, 0.717) is 0 Å². The van der Waals surface area contributed by atoms with Crippen molar-refractivity contribution in [2.24, 2.45) is 0 Å². The van der Waals surface area contributed by atoms with Gasteiger partial charge in [0.05, 0.1) is 7.11 Å². The minimum Gasteiger partial charge on any atom is -0.497 e. The molecule has 0 amide bonds. The number of hydrogen-bond donors (Lipinski definition) is 0. The molecule has 0 unspecified atom stereocenters. The topological polar surface area (TPSA) is 35.0 Å². The summed E-state index contributed by atoms with van der Waals surface area (Å²) in [6.45, 7) is 1.88. The summed E-state index contributed by atoms with van der Waals surface area (Å²) in [5, 5.41) is 0.914. The summed E-state index contributed by atoms with van der Waals surface area (Å²) >= 11 is 4.95. The monoisotopic (exact) mass is 310 g/mol. The van der Waals surface area contributed by atoms with Gasteiger partial charge in [-0.15, -0.1) is 0 Å².